The van der Waals surface area contributed by atoms with Gasteiger partial charge in [-0.2, -0.15) is 0 Å². The second-order valence-corrected chi connectivity index (χ2v) is 4.11. The molecule has 2 N–H and O–H groups in total. The fraction of sp³-hybridized carbons (Fsp3) is 0.125. The molecule has 96 valence electrons. The van der Waals surface area contributed by atoms with Gasteiger partial charge < -0.3 is 5.73 Å². The fourth-order valence-corrected chi connectivity index (χ4v) is 1.75. The van der Waals surface area contributed by atoms with E-state index in [1.807, 2.05) is 31.2 Å². The van der Waals surface area contributed by atoms with E-state index in [9.17, 15) is 8.78 Å². The number of halogens is 2. The van der Waals surface area contributed by atoms with Gasteiger partial charge in [-0.15, -0.1) is 0 Å². The molecule has 0 radical (unpaired) electrons. The maximum atomic E-state index is 13.3. The highest BCUT2D eigenvalue weighted by atomic mass is 19.1. The topological polar surface area (TPSA) is 26.0 Å². The molecule has 0 saturated heterocycles. The summed E-state index contributed by atoms with van der Waals surface area (Å²) in [5.74, 6) is 4.12. The summed E-state index contributed by atoms with van der Waals surface area (Å²) in [7, 11) is 0. The van der Waals surface area contributed by atoms with Crippen molar-refractivity contribution in [3.8, 4) is 11.8 Å². The van der Waals surface area contributed by atoms with Gasteiger partial charge in [-0.3, -0.25) is 0 Å². The smallest absolute Gasteiger partial charge is 0.150 e. The van der Waals surface area contributed by atoms with Crippen molar-refractivity contribution >= 4 is 5.69 Å². The number of aryl methyl sites for hydroxylation is 1. The summed E-state index contributed by atoms with van der Waals surface area (Å²) in [4.78, 5) is 0. The minimum Gasteiger partial charge on any atom is -0.394 e. The summed E-state index contributed by atoms with van der Waals surface area (Å²) in [6.45, 7) is 2.03. The molecule has 0 saturated carbocycles. The Labute approximate surface area is 111 Å². The first-order valence-electron chi connectivity index (χ1n) is 5.96. The van der Waals surface area contributed by atoms with Crippen molar-refractivity contribution in [2.24, 2.45) is 0 Å². The number of rotatable bonds is 1. The Hall–Kier alpha value is -2.34. The molecular formula is C16H13F2N. The number of hydrogen-bond donors (Lipinski definition) is 1. The summed E-state index contributed by atoms with van der Waals surface area (Å²) in [5.41, 5.74) is 6.97. The highest BCUT2D eigenvalue weighted by Crippen LogP contribution is 2.16. The fourth-order valence-electron chi connectivity index (χ4n) is 1.75. The van der Waals surface area contributed by atoms with E-state index < -0.39 is 17.3 Å². The van der Waals surface area contributed by atoms with E-state index in [2.05, 4.69) is 11.8 Å². The van der Waals surface area contributed by atoms with Gasteiger partial charge in [0.15, 0.2) is 0 Å². The molecule has 0 aromatic heterocycles. The molecule has 2 rings (SSSR count). The first-order chi connectivity index (χ1) is 9.11. The van der Waals surface area contributed by atoms with Gasteiger partial charge in [-0.1, -0.05) is 37.0 Å². The molecular weight excluding hydrogens is 244 g/mol. The van der Waals surface area contributed by atoms with Crippen LogP contribution in [-0.2, 0) is 6.42 Å². The molecule has 1 nitrogen and oxygen atoms in total. The lowest BCUT2D eigenvalue weighted by Crippen LogP contribution is -1.96. The van der Waals surface area contributed by atoms with Crippen LogP contribution in [0.1, 0.15) is 23.6 Å². The molecule has 19 heavy (non-hydrogen) atoms. The maximum Gasteiger partial charge on any atom is 0.150 e. The largest absolute Gasteiger partial charge is 0.394 e. The van der Waals surface area contributed by atoms with Crippen LogP contribution in [0.2, 0.25) is 0 Å². The van der Waals surface area contributed by atoms with Crippen LogP contribution in [0, 0.1) is 23.5 Å². The third kappa shape index (κ3) is 2.92. The third-order valence-electron chi connectivity index (χ3n) is 2.82. The highest BCUT2D eigenvalue weighted by molar-refractivity contribution is 5.51. The van der Waals surface area contributed by atoms with Crippen molar-refractivity contribution in [1.82, 2.24) is 0 Å². The van der Waals surface area contributed by atoms with Crippen molar-refractivity contribution in [1.29, 1.82) is 0 Å². The molecule has 0 aliphatic heterocycles. The molecule has 0 heterocycles. The minimum absolute atomic E-state index is 0.273. The summed E-state index contributed by atoms with van der Waals surface area (Å²) >= 11 is 0. The van der Waals surface area contributed by atoms with Crippen molar-refractivity contribution < 1.29 is 8.78 Å². The molecule has 3 heteroatoms. The molecule has 0 aliphatic carbocycles. The average Bonchev–Trinajstić information content (AvgIpc) is 2.42. The number of benzene rings is 2. The molecule has 0 aliphatic rings. The van der Waals surface area contributed by atoms with Crippen LogP contribution in [0.15, 0.2) is 36.4 Å². The van der Waals surface area contributed by atoms with E-state index in [-0.39, 0.29) is 5.56 Å². The summed E-state index contributed by atoms with van der Waals surface area (Å²) < 4.78 is 26.6. The van der Waals surface area contributed by atoms with E-state index in [1.165, 1.54) is 0 Å². The average molecular weight is 257 g/mol. The number of anilines is 1. The Morgan fingerprint density at radius 1 is 1.05 bits per heavy atom. The quantitative estimate of drug-likeness (QED) is 0.614. The minimum atomic E-state index is -0.784. The van der Waals surface area contributed by atoms with Crippen LogP contribution >= 0.6 is 0 Å². The lowest BCUT2D eigenvalue weighted by atomic mass is 10.1. The SMILES string of the molecule is CCc1ccccc1C#Cc1cc(F)c(N)c(F)c1. The van der Waals surface area contributed by atoms with E-state index in [4.69, 9.17) is 5.73 Å². The van der Waals surface area contributed by atoms with Crippen molar-refractivity contribution in [2.45, 2.75) is 13.3 Å². The van der Waals surface area contributed by atoms with Crippen LogP contribution in [0.25, 0.3) is 0 Å². The van der Waals surface area contributed by atoms with Gasteiger partial charge in [0.1, 0.15) is 17.3 Å². The van der Waals surface area contributed by atoms with Gasteiger partial charge in [0.2, 0.25) is 0 Å². The van der Waals surface area contributed by atoms with Crippen molar-refractivity contribution in [2.75, 3.05) is 5.73 Å². The van der Waals surface area contributed by atoms with E-state index >= 15 is 0 Å². The van der Waals surface area contributed by atoms with E-state index in [0.717, 1.165) is 29.7 Å². The molecule has 0 unspecified atom stereocenters. The van der Waals surface area contributed by atoms with Gasteiger partial charge >= 0.3 is 0 Å². The van der Waals surface area contributed by atoms with Crippen LogP contribution in [0.5, 0.6) is 0 Å². The first kappa shape index (κ1) is 13.1. The molecule has 0 atom stereocenters. The Morgan fingerprint density at radius 3 is 2.32 bits per heavy atom. The van der Waals surface area contributed by atoms with Gasteiger partial charge in [-0.25, -0.2) is 8.78 Å². The number of hydrogen-bond acceptors (Lipinski definition) is 1. The van der Waals surface area contributed by atoms with Gasteiger partial charge in [-0.05, 0) is 30.2 Å². The molecule has 0 amide bonds. The van der Waals surface area contributed by atoms with E-state index in [0.29, 0.717) is 0 Å². The Morgan fingerprint density at radius 2 is 1.68 bits per heavy atom. The molecule has 0 spiro atoms. The zero-order chi connectivity index (χ0) is 13.8. The van der Waals surface area contributed by atoms with Crippen LogP contribution in [0.4, 0.5) is 14.5 Å². The Balaban J connectivity index is 2.39. The second kappa shape index (κ2) is 5.53. The van der Waals surface area contributed by atoms with E-state index in [1.54, 1.807) is 0 Å². The Kier molecular flexibility index (Phi) is 3.82. The number of nitrogen functional groups attached to an aromatic ring is 1. The molecule has 2 aromatic carbocycles. The molecule has 0 fully saturated rings. The first-order valence-corrected chi connectivity index (χ1v) is 5.96. The zero-order valence-electron chi connectivity index (χ0n) is 10.5. The summed E-state index contributed by atoms with van der Waals surface area (Å²) in [5, 5.41) is 0. The normalized spacial score (nSPS) is 9.84. The molecule has 2 aromatic rings. The van der Waals surface area contributed by atoms with Crippen molar-refractivity contribution in [3.05, 3.63) is 64.7 Å². The third-order valence-corrected chi connectivity index (χ3v) is 2.82. The van der Waals surface area contributed by atoms with Crippen molar-refractivity contribution in [3.63, 3.8) is 0 Å². The van der Waals surface area contributed by atoms with Crippen LogP contribution < -0.4 is 5.73 Å². The zero-order valence-corrected chi connectivity index (χ0v) is 10.5. The predicted octanol–water partition coefficient (Wildman–Crippen LogP) is 3.51. The molecule has 0 bridgehead atoms. The van der Waals surface area contributed by atoms with Gasteiger partial charge in [0.05, 0.1) is 0 Å². The lowest BCUT2D eigenvalue weighted by molar-refractivity contribution is 0.591. The van der Waals surface area contributed by atoms with Gasteiger partial charge in [0, 0.05) is 11.1 Å². The van der Waals surface area contributed by atoms with Crippen LogP contribution in [-0.4, -0.2) is 0 Å². The summed E-state index contributed by atoms with van der Waals surface area (Å²) in [6.07, 6.45) is 0.856. The summed E-state index contributed by atoms with van der Waals surface area (Å²) in [6, 6.07) is 9.96. The maximum absolute atomic E-state index is 13.3. The monoisotopic (exact) mass is 257 g/mol. The second-order valence-electron chi connectivity index (χ2n) is 4.11. The predicted molar refractivity (Wildman–Crippen MR) is 72.6 cm³/mol. The highest BCUT2D eigenvalue weighted by Gasteiger charge is 2.06. The Bertz CT molecular complexity index is 643. The standard InChI is InChI=1S/C16H13F2N/c1-2-12-5-3-4-6-13(12)8-7-11-9-14(17)16(19)15(18)10-11/h3-6,9-10H,2,19H2,1H3. The lowest BCUT2D eigenvalue weighted by Gasteiger charge is -2.00. The van der Waals surface area contributed by atoms with Gasteiger partial charge in [0.25, 0.3) is 0 Å². The van der Waals surface area contributed by atoms with Crippen LogP contribution in [0.3, 0.4) is 0 Å². The number of nitrogens with two attached hydrogens (primary N) is 1.